The Morgan fingerprint density at radius 2 is 1.43 bits per heavy atom. The summed E-state index contributed by atoms with van der Waals surface area (Å²) in [4.78, 5) is 2.12. The largest absolute Gasteiger partial charge is 0.372 e. The van der Waals surface area contributed by atoms with E-state index < -0.39 is 0 Å². The molecule has 0 radical (unpaired) electrons. The van der Waals surface area contributed by atoms with Crippen molar-refractivity contribution in [3.63, 3.8) is 0 Å². The SMILES string of the molecule is CCN(CC)c1ccc(/C=N/N(c2ccccc2)c2ccc(C)cc2)c(F)c1. The van der Waals surface area contributed by atoms with E-state index in [4.69, 9.17) is 0 Å². The van der Waals surface area contributed by atoms with E-state index in [-0.39, 0.29) is 5.82 Å². The van der Waals surface area contributed by atoms with Gasteiger partial charge in [0.1, 0.15) is 5.82 Å². The molecule has 0 aromatic heterocycles. The fourth-order valence-corrected chi connectivity index (χ4v) is 3.06. The van der Waals surface area contributed by atoms with Crippen molar-refractivity contribution in [2.45, 2.75) is 20.8 Å². The first kappa shape index (κ1) is 19.6. The molecule has 0 bridgehead atoms. The predicted octanol–water partition coefficient (Wildman–Crippen LogP) is 6.15. The number of halogens is 1. The third-order valence-electron chi connectivity index (χ3n) is 4.70. The van der Waals surface area contributed by atoms with Gasteiger partial charge in [0.15, 0.2) is 0 Å². The average molecular weight is 375 g/mol. The van der Waals surface area contributed by atoms with Gasteiger partial charge in [-0.3, -0.25) is 0 Å². The summed E-state index contributed by atoms with van der Waals surface area (Å²) < 4.78 is 14.7. The van der Waals surface area contributed by atoms with Gasteiger partial charge in [-0.15, -0.1) is 0 Å². The Morgan fingerprint density at radius 3 is 2.04 bits per heavy atom. The number of hydrazone groups is 1. The summed E-state index contributed by atoms with van der Waals surface area (Å²) in [6.07, 6.45) is 1.58. The molecule has 0 heterocycles. The molecule has 0 aliphatic carbocycles. The van der Waals surface area contributed by atoms with Crippen LogP contribution in [-0.4, -0.2) is 19.3 Å². The van der Waals surface area contributed by atoms with Crippen LogP contribution in [0, 0.1) is 12.7 Å². The van der Waals surface area contributed by atoms with Crippen molar-refractivity contribution in [1.82, 2.24) is 0 Å². The lowest BCUT2D eigenvalue weighted by molar-refractivity contribution is 0.625. The molecule has 0 fully saturated rings. The standard InChI is InChI=1S/C24H26FN3/c1-4-27(5-2)23-16-13-20(24(25)17-23)18-26-28(21-9-7-6-8-10-21)22-14-11-19(3)12-15-22/h6-18H,4-5H2,1-3H3/b26-18+. The van der Waals surface area contributed by atoms with Crippen molar-refractivity contribution in [3.05, 3.63) is 89.7 Å². The van der Waals surface area contributed by atoms with Crippen LogP contribution in [0.5, 0.6) is 0 Å². The van der Waals surface area contributed by atoms with Crippen molar-refractivity contribution in [3.8, 4) is 0 Å². The van der Waals surface area contributed by atoms with Crippen LogP contribution in [0.25, 0.3) is 0 Å². The fraction of sp³-hybridized carbons (Fsp3) is 0.208. The molecule has 3 rings (SSSR count). The highest BCUT2D eigenvalue weighted by Gasteiger charge is 2.09. The molecule has 3 nitrogen and oxygen atoms in total. The smallest absolute Gasteiger partial charge is 0.134 e. The number of aryl methyl sites for hydroxylation is 1. The highest BCUT2D eigenvalue weighted by Crippen LogP contribution is 2.26. The molecule has 3 aromatic rings. The lowest BCUT2D eigenvalue weighted by Crippen LogP contribution is -2.21. The molecule has 0 saturated heterocycles. The lowest BCUT2D eigenvalue weighted by Gasteiger charge is -2.21. The van der Waals surface area contributed by atoms with Crippen LogP contribution in [0.1, 0.15) is 25.0 Å². The van der Waals surface area contributed by atoms with Crippen molar-refractivity contribution in [1.29, 1.82) is 0 Å². The number of benzene rings is 3. The third kappa shape index (κ3) is 4.58. The lowest BCUT2D eigenvalue weighted by atomic mass is 10.2. The van der Waals surface area contributed by atoms with E-state index in [1.807, 2.05) is 72.6 Å². The van der Waals surface area contributed by atoms with E-state index in [0.717, 1.165) is 30.2 Å². The molecule has 28 heavy (non-hydrogen) atoms. The number of hydrogen-bond donors (Lipinski definition) is 0. The molecule has 4 heteroatoms. The van der Waals surface area contributed by atoms with Crippen molar-refractivity contribution in [2.24, 2.45) is 5.10 Å². The number of nitrogens with zero attached hydrogens (tertiary/aromatic N) is 3. The van der Waals surface area contributed by atoms with E-state index in [1.54, 1.807) is 18.3 Å². The van der Waals surface area contributed by atoms with Gasteiger partial charge in [-0.05, 0) is 63.2 Å². The van der Waals surface area contributed by atoms with E-state index >= 15 is 0 Å². The fourth-order valence-electron chi connectivity index (χ4n) is 3.06. The highest BCUT2D eigenvalue weighted by atomic mass is 19.1. The van der Waals surface area contributed by atoms with E-state index in [9.17, 15) is 4.39 Å². The molecule has 0 unspecified atom stereocenters. The zero-order valence-electron chi connectivity index (χ0n) is 16.6. The first-order valence-electron chi connectivity index (χ1n) is 9.62. The number of para-hydroxylation sites is 1. The Kier molecular flexibility index (Phi) is 6.43. The summed E-state index contributed by atoms with van der Waals surface area (Å²) in [6.45, 7) is 7.87. The minimum Gasteiger partial charge on any atom is -0.372 e. The van der Waals surface area contributed by atoms with Gasteiger partial charge in [0, 0.05) is 24.3 Å². The minimum absolute atomic E-state index is 0.273. The van der Waals surface area contributed by atoms with Gasteiger partial charge in [-0.1, -0.05) is 35.9 Å². The van der Waals surface area contributed by atoms with Gasteiger partial charge in [0.05, 0.1) is 17.6 Å². The molecule has 3 aromatic carbocycles. The maximum atomic E-state index is 14.7. The molecular formula is C24H26FN3. The molecule has 0 aliphatic rings. The highest BCUT2D eigenvalue weighted by molar-refractivity contribution is 5.83. The van der Waals surface area contributed by atoms with E-state index in [1.165, 1.54) is 5.56 Å². The Balaban J connectivity index is 1.92. The summed E-state index contributed by atoms with van der Waals surface area (Å²) in [7, 11) is 0. The van der Waals surface area contributed by atoms with Crippen LogP contribution in [0.15, 0.2) is 77.9 Å². The molecule has 0 spiro atoms. The van der Waals surface area contributed by atoms with Gasteiger partial charge in [-0.2, -0.15) is 5.10 Å². The summed E-state index contributed by atoms with van der Waals surface area (Å²) in [5.41, 5.74) is 4.37. The van der Waals surface area contributed by atoms with Gasteiger partial charge < -0.3 is 4.90 Å². The first-order chi connectivity index (χ1) is 13.6. The Hall–Kier alpha value is -3.14. The van der Waals surface area contributed by atoms with Crippen LogP contribution in [0.4, 0.5) is 21.5 Å². The second-order valence-corrected chi connectivity index (χ2v) is 6.61. The van der Waals surface area contributed by atoms with Crippen LogP contribution in [0.2, 0.25) is 0 Å². The summed E-state index contributed by atoms with van der Waals surface area (Å²) in [5.74, 6) is -0.273. The molecule has 0 amide bonds. The zero-order chi connectivity index (χ0) is 19.9. The van der Waals surface area contributed by atoms with Gasteiger partial charge >= 0.3 is 0 Å². The minimum atomic E-state index is -0.273. The molecular weight excluding hydrogens is 349 g/mol. The van der Waals surface area contributed by atoms with Crippen molar-refractivity contribution < 1.29 is 4.39 Å². The van der Waals surface area contributed by atoms with Gasteiger partial charge in [0.25, 0.3) is 0 Å². The topological polar surface area (TPSA) is 18.8 Å². The van der Waals surface area contributed by atoms with Crippen molar-refractivity contribution >= 4 is 23.3 Å². The molecule has 0 atom stereocenters. The van der Waals surface area contributed by atoms with Crippen LogP contribution in [-0.2, 0) is 0 Å². The molecule has 0 aliphatic heterocycles. The molecule has 0 saturated carbocycles. The maximum absolute atomic E-state index is 14.7. The van der Waals surface area contributed by atoms with Crippen LogP contribution >= 0.6 is 0 Å². The van der Waals surface area contributed by atoms with Crippen LogP contribution in [0.3, 0.4) is 0 Å². The van der Waals surface area contributed by atoms with Crippen molar-refractivity contribution in [2.75, 3.05) is 23.0 Å². The van der Waals surface area contributed by atoms with Crippen LogP contribution < -0.4 is 9.91 Å². The van der Waals surface area contributed by atoms with Gasteiger partial charge in [0.2, 0.25) is 0 Å². The Bertz CT molecular complexity index is 916. The second kappa shape index (κ2) is 9.18. The van der Waals surface area contributed by atoms with E-state index in [2.05, 4.69) is 23.8 Å². The summed E-state index contributed by atoms with van der Waals surface area (Å²) in [6, 6.07) is 23.3. The van der Waals surface area contributed by atoms with Gasteiger partial charge in [-0.25, -0.2) is 9.40 Å². The predicted molar refractivity (Wildman–Crippen MR) is 117 cm³/mol. The summed E-state index contributed by atoms with van der Waals surface area (Å²) >= 11 is 0. The number of anilines is 3. The Morgan fingerprint density at radius 1 is 0.821 bits per heavy atom. The maximum Gasteiger partial charge on any atom is 0.134 e. The van der Waals surface area contributed by atoms with E-state index in [0.29, 0.717) is 5.56 Å². The Labute approximate surface area is 166 Å². The monoisotopic (exact) mass is 375 g/mol. The normalized spacial score (nSPS) is 11.0. The third-order valence-corrected chi connectivity index (χ3v) is 4.70. The number of hydrogen-bond acceptors (Lipinski definition) is 3. The number of rotatable bonds is 7. The molecule has 144 valence electrons. The zero-order valence-corrected chi connectivity index (χ0v) is 16.6. The molecule has 0 N–H and O–H groups in total. The second-order valence-electron chi connectivity index (χ2n) is 6.61. The summed E-state index contributed by atoms with van der Waals surface area (Å²) in [5, 5.41) is 6.41. The first-order valence-corrected chi connectivity index (χ1v) is 9.62. The quantitative estimate of drug-likeness (QED) is 0.364. The average Bonchev–Trinajstić information content (AvgIpc) is 2.72.